The molecule has 1 amide bonds. The fourth-order valence-corrected chi connectivity index (χ4v) is 3.47. The van der Waals surface area contributed by atoms with E-state index >= 15 is 0 Å². The predicted molar refractivity (Wildman–Crippen MR) is 106 cm³/mol. The average molecular weight is 352 g/mol. The average Bonchev–Trinajstić information content (AvgIpc) is 2.70. The van der Waals surface area contributed by atoms with Crippen molar-refractivity contribution in [1.82, 2.24) is 15.2 Å². The Morgan fingerprint density at radius 2 is 1.92 bits per heavy atom. The zero-order chi connectivity index (χ0) is 18.4. The Labute approximate surface area is 156 Å². The molecule has 3 rings (SSSR count). The smallest absolute Gasteiger partial charge is 0.255 e. The van der Waals surface area contributed by atoms with Crippen molar-refractivity contribution in [2.45, 2.75) is 26.8 Å². The van der Waals surface area contributed by atoms with Gasteiger partial charge >= 0.3 is 0 Å². The van der Waals surface area contributed by atoms with E-state index in [-0.39, 0.29) is 5.91 Å². The number of pyridine rings is 1. The van der Waals surface area contributed by atoms with Crippen LogP contribution in [0.15, 0.2) is 42.6 Å². The number of fused-ring (bicyclic) bond motifs is 1. The predicted octanol–water partition coefficient (Wildman–Crippen LogP) is 2.72. The summed E-state index contributed by atoms with van der Waals surface area (Å²) in [6, 6.07) is 12.2. The summed E-state index contributed by atoms with van der Waals surface area (Å²) in [7, 11) is 0. The summed E-state index contributed by atoms with van der Waals surface area (Å²) >= 11 is 0. The topological polar surface area (TPSA) is 48.5 Å². The number of hydrogen-bond acceptors (Lipinski definition) is 4. The number of hydrogen-bond donors (Lipinski definition) is 1. The fourth-order valence-electron chi connectivity index (χ4n) is 3.47. The minimum Gasteiger partial charge on any atom is -0.351 e. The maximum Gasteiger partial charge on any atom is 0.255 e. The molecule has 0 bridgehead atoms. The summed E-state index contributed by atoms with van der Waals surface area (Å²) in [4.78, 5) is 21.7. The van der Waals surface area contributed by atoms with E-state index in [2.05, 4.69) is 58.2 Å². The van der Waals surface area contributed by atoms with Crippen LogP contribution in [0.2, 0.25) is 0 Å². The molecule has 2 heterocycles. The lowest BCUT2D eigenvalue weighted by Gasteiger charge is -2.31. The van der Waals surface area contributed by atoms with Crippen LogP contribution < -0.4 is 10.2 Å². The zero-order valence-corrected chi connectivity index (χ0v) is 15.7. The number of nitrogens with one attached hydrogen (secondary N) is 1. The molecule has 0 aliphatic carbocycles. The summed E-state index contributed by atoms with van der Waals surface area (Å²) in [5, 5.41) is 3.05. The summed E-state index contributed by atoms with van der Waals surface area (Å²) in [6.45, 7) is 9.47. The van der Waals surface area contributed by atoms with Gasteiger partial charge in [0.25, 0.3) is 5.91 Å². The third-order valence-electron chi connectivity index (χ3n) is 5.07. The van der Waals surface area contributed by atoms with Crippen molar-refractivity contribution >= 4 is 11.7 Å². The van der Waals surface area contributed by atoms with Gasteiger partial charge in [-0.2, -0.15) is 0 Å². The van der Waals surface area contributed by atoms with Crippen molar-refractivity contribution < 1.29 is 4.79 Å². The number of aromatic nitrogens is 1. The second kappa shape index (κ2) is 8.81. The number of amides is 1. The molecule has 5 heteroatoms. The molecule has 0 saturated carbocycles. The van der Waals surface area contributed by atoms with Crippen LogP contribution >= 0.6 is 0 Å². The monoisotopic (exact) mass is 352 g/mol. The normalized spacial score (nSPS) is 13.6. The fraction of sp³-hybridized carbons (Fsp3) is 0.429. The lowest BCUT2D eigenvalue weighted by atomic mass is 9.99. The van der Waals surface area contributed by atoms with Crippen molar-refractivity contribution in [2.75, 3.05) is 37.6 Å². The van der Waals surface area contributed by atoms with Crippen LogP contribution in [0, 0.1) is 0 Å². The molecule has 0 spiro atoms. The van der Waals surface area contributed by atoms with Gasteiger partial charge in [0.15, 0.2) is 0 Å². The molecule has 1 aliphatic rings. The van der Waals surface area contributed by atoms with Gasteiger partial charge in [0, 0.05) is 32.4 Å². The molecule has 0 radical (unpaired) electrons. The van der Waals surface area contributed by atoms with Crippen LogP contribution in [0.3, 0.4) is 0 Å². The highest BCUT2D eigenvalue weighted by Gasteiger charge is 2.22. The SMILES string of the molecule is CCN(CC)CCNC(=O)c1cccnc1N1CCc2ccccc2C1. The molecule has 5 nitrogen and oxygen atoms in total. The van der Waals surface area contributed by atoms with Crippen LogP contribution in [-0.2, 0) is 13.0 Å². The highest BCUT2D eigenvalue weighted by Crippen LogP contribution is 2.25. The van der Waals surface area contributed by atoms with Gasteiger partial charge in [-0.15, -0.1) is 0 Å². The number of benzene rings is 1. The van der Waals surface area contributed by atoms with Gasteiger partial charge in [0.1, 0.15) is 5.82 Å². The van der Waals surface area contributed by atoms with Crippen molar-refractivity contribution in [2.24, 2.45) is 0 Å². The van der Waals surface area contributed by atoms with Crippen molar-refractivity contribution in [1.29, 1.82) is 0 Å². The Morgan fingerprint density at radius 1 is 1.15 bits per heavy atom. The van der Waals surface area contributed by atoms with Gasteiger partial charge < -0.3 is 15.1 Å². The van der Waals surface area contributed by atoms with Gasteiger partial charge in [-0.05, 0) is 42.8 Å². The molecule has 1 aliphatic heterocycles. The van der Waals surface area contributed by atoms with E-state index in [9.17, 15) is 4.79 Å². The van der Waals surface area contributed by atoms with E-state index < -0.39 is 0 Å². The molecule has 138 valence electrons. The zero-order valence-electron chi connectivity index (χ0n) is 15.7. The maximum atomic E-state index is 12.7. The molecule has 1 aromatic heterocycles. The van der Waals surface area contributed by atoms with Crippen LogP contribution in [0.1, 0.15) is 35.3 Å². The van der Waals surface area contributed by atoms with E-state index in [0.717, 1.165) is 45.0 Å². The summed E-state index contributed by atoms with van der Waals surface area (Å²) in [5.74, 6) is 0.737. The van der Waals surface area contributed by atoms with Crippen molar-refractivity contribution in [3.63, 3.8) is 0 Å². The Bertz CT molecular complexity index is 742. The van der Waals surface area contributed by atoms with Crippen LogP contribution in [-0.4, -0.2) is 48.5 Å². The third-order valence-corrected chi connectivity index (χ3v) is 5.07. The van der Waals surface area contributed by atoms with Gasteiger partial charge in [-0.25, -0.2) is 4.98 Å². The molecular weight excluding hydrogens is 324 g/mol. The molecular formula is C21H28N4O. The molecule has 0 saturated heterocycles. The standard InChI is InChI=1S/C21H28N4O/c1-3-24(4-2)15-13-23-21(26)19-10-7-12-22-20(19)25-14-11-17-8-5-6-9-18(17)16-25/h5-10,12H,3-4,11,13-16H2,1-2H3,(H,23,26). The minimum absolute atomic E-state index is 0.0425. The van der Waals surface area contributed by atoms with Gasteiger partial charge in [-0.3, -0.25) is 4.79 Å². The molecule has 0 fully saturated rings. The van der Waals surface area contributed by atoms with Crippen molar-refractivity contribution in [3.05, 3.63) is 59.3 Å². The summed E-state index contributed by atoms with van der Waals surface area (Å²) in [6.07, 6.45) is 2.75. The lowest BCUT2D eigenvalue weighted by molar-refractivity contribution is 0.0949. The molecule has 2 aromatic rings. The van der Waals surface area contributed by atoms with Gasteiger partial charge in [-0.1, -0.05) is 38.1 Å². The van der Waals surface area contributed by atoms with Crippen LogP contribution in [0.4, 0.5) is 5.82 Å². The minimum atomic E-state index is -0.0425. The van der Waals surface area contributed by atoms with Gasteiger partial charge in [0.05, 0.1) is 5.56 Å². The molecule has 26 heavy (non-hydrogen) atoms. The van der Waals surface area contributed by atoms with Crippen molar-refractivity contribution in [3.8, 4) is 0 Å². The van der Waals surface area contributed by atoms with E-state index in [4.69, 9.17) is 0 Å². The Kier molecular flexibility index (Phi) is 6.23. The highest BCUT2D eigenvalue weighted by molar-refractivity contribution is 5.98. The first-order chi connectivity index (χ1) is 12.7. The van der Waals surface area contributed by atoms with E-state index in [1.165, 1.54) is 11.1 Å². The van der Waals surface area contributed by atoms with E-state index in [1.807, 2.05) is 12.1 Å². The number of likely N-dealkylation sites (N-methyl/N-ethyl adjacent to an activating group) is 1. The first-order valence-electron chi connectivity index (χ1n) is 9.50. The first kappa shape index (κ1) is 18.4. The molecule has 1 aromatic carbocycles. The second-order valence-corrected chi connectivity index (χ2v) is 6.60. The Hall–Kier alpha value is -2.40. The van der Waals surface area contributed by atoms with Crippen LogP contribution in [0.5, 0.6) is 0 Å². The number of rotatable bonds is 7. The highest BCUT2D eigenvalue weighted by atomic mass is 16.1. The molecule has 0 unspecified atom stereocenters. The number of anilines is 1. The number of nitrogens with zero attached hydrogens (tertiary/aromatic N) is 3. The molecule has 1 N–H and O–H groups in total. The molecule has 0 atom stereocenters. The largest absolute Gasteiger partial charge is 0.351 e. The third kappa shape index (κ3) is 4.22. The lowest BCUT2D eigenvalue weighted by Crippen LogP contribution is -2.37. The van der Waals surface area contributed by atoms with Crippen LogP contribution in [0.25, 0.3) is 0 Å². The van der Waals surface area contributed by atoms with Gasteiger partial charge in [0.2, 0.25) is 0 Å². The number of carbonyl (C=O) groups excluding carboxylic acids is 1. The number of carbonyl (C=O) groups is 1. The second-order valence-electron chi connectivity index (χ2n) is 6.60. The quantitative estimate of drug-likeness (QED) is 0.832. The summed E-state index contributed by atoms with van der Waals surface area (Å²) < 4.78 is 0. The summed E-state index contributed by atoms with van der Waals surface area (Å²) in [5.41, 5.74) is 3.37. The van der Waals surface area contributed by atoms with E-state index in [0.29, 0.717) is 12.1 Å². The first-order valence-corrected chi connectivity index (χ1v) is 9.50. The Morgan fingerprint density at radius 3 is 2.69 bits per heavy atom. The Balaban J connectivity index is 1.69. The maximum absolute atomic E-state index is 12.7. The van der Waals surface area contributed by atoms with E-state index in [1.54, 1.807) is 6.20 Å².